The molecule has 6 heteroatoms. The summed E-state index contributed by atoms with van der Waals surface area (Å²) in [4.78, 5) is 9.15. The fourth-order valence-electron chi connectivity index (χ4n) is 3.44. The predicted molar refractivity (Wildman–Crippen MR) is 94.6 cm³/mol. The van der Waals surface area contributed by atoms with Crippen LogP contribution < -0.4 is 0 Å². The highest BCUT2D eigenvalue weighted by atomic mass is 16.5. The maximum atomic E-state index is 8.90. The van der Waals surface area contributed by atoms with E-state index in [1.54, 1.807) is 0 Å². The van der Waals surface area contributed by atoms with Crippen molar-refractivity contribution >= 4 is 0 Å². The largest absolute Gasteiger partial charge is 0.340 e. The number of aryl methyl sites for hydroxylation is 1. The van der Waals surface area contributed by atoms with Crippen molar-refractivity contribution in [1.82, 2.24) is 19.9 Å². The van der Waals surface area contributed by atoms with Crippen molar-refractivity contribution in [2.24, 2.45) is 0 Å². The normalized spacial score (nSPS) is 18.9. The minimum absolute atomic E-state index is 0.546. The van der Waals surface area contributed by atoms with Crippen LogP contribution in [0.2, 0.25) is 0 Å². The summed E-state index contributed by atoms with van der Waals surface area (Å²) in [5.74, 6) is 1.39. The quantitative estimate of drug-likeness (QED) is 0.834. The Morgan fingerprint density at radius 2 is 2.08 bits per heavy atom. The van der Waals surface area contributed by atoms with Gasteiger partial charge < -0.3 is 4.52 Å². The molecule has 1 atom stereocenters. The maximum Gasteiger partial charge on any atom is 0.223 e. The molecule has 1 saturated heterocycles. The highest BCUT2D eigenvalue weighted by Gasteiger charge is 2.21. The minimum atomic E-state index is 0.546. The van der Waals surface area contributed by atoms with E-state index in [0.717, 1.165) is 44.0 Å². The molecule has 1 aliphatic heterocycles. The van der Waals surface area contributed by atoms with Crippen LogP contribution in [-0.2, 0) is 13.1 Å². The molecule has 0 radical (unpaired) electrons. The second kappa shape index (κ2) is 8.24. The molecule has 3 rings (SSSR count). The average molecular weight is 339 g/mol. The minimum Gasteiger partial charge on any atom is -0.340 e. The molecule has 2 heterocycles. The lowest BCUT2D eigenvalue weighted by Crippen LogP contribution is -2.33. The molecule has 0 saturated carbocycles. The van der Waals surface area contributed by atoms with E-state index in [2.05, 4.69) is 45.2 Å². The van der Waals surface area contributed by atoms with Gasteiger partial charge in [0.1, 0.15) is 0 Å². The van der Waals surface area contributed by atoms with Crippen LogP contribution in [0.5, 0.6) is 0 Å². The summed E-state index contributed by atoms with van der Waals surface area (Å²) in [7, 11) is 2.15. The van der Waals surface area contributed by atoms with Gasteiger partial charge in [0.05, 0.1) is 18.2 Å². The molecule has 0 bridgehead atoms. The molecule has 0 spiro atoms. The first-order valence-electron chi connectivity index (χ1n) is 8.85. The van der Waals surface area contributed by atoms with Crippen molar-refractivity contribution in [3.8, 4) is 6.07 Å². The van der Waals surface area contributed by atoms with Gasteiger partial charge in [0.2, 0.25) is 5.89 Å². The van der Waals surface area contributed by atoms with Crippen molar-refractivity contribution in [3.63, 3.8) is 0 Å². The standard InChI is InChI=1S/C19H25N5O/c1-15-21-19(22-25-15)14-23(2)18-4-3-10-24(11-9-18)13-17-7-5-16(12-20)6-8-17/h5-8,18H,3-4,9-11,13-14H2,1-2H3/t18-/m1/s1. The Hall–Kier alpha value is -2.23. The van der Waals surface area contributed by atoms with Crippen LogP contribution in [0.25, 0.3) is 0 Å². The summed E-state index contributed by atoms with van der Waals surface area (Å²) in [6, 6.07) is 10.6. The Morgan fingerprint density at radius 3 is 2.76 bits per heavy atom. The Labute approximate surface area is 149 Å². The van der Waals surface area contributed by atoms with Crippen molar-refractivity contribution < 1.29 is 4.52 Å². The average Bonchev–Trinajstić information content (AvgIpc) is 2.88. The van der Waals surface area contributed by atoms with E-state index in [1.807, 2.05) is 19.1 Å². The van der Waals surface area contributed by atoms with Crippen LogP contribution in [0.15, 0.2) is 28.8 Å². The topological polar surface area (TPSA) is 69.2 Å². The second-order valence-corrected chi connectivity index (χ2v) is 6.81. The SMILES string of the molecule is Cc1nc(CN(C)[C@@H]2CCCN(Cc3ccc(C#N)cc3)CC2)no1. The number of hydrogen-bond acceptors (Lipinski definition) is 6. The summed E-state index contributed by atoms with van der Waals surface area (Å²) in [6.45, 7) is 5.71. The summed E-state index contributed by atoms with van der Waals surface area (Å²) >= 11 is 0. The van der Waals surface area contributed by atoms with Crippen LogP contribution in [0.1, 0.15) is 42.1 Å². The van der Waals surface area contributed by atoms with Gasteiger partial charge in [-0.15, -0.1) is 0 Å². The van der Waals surface area contributed by atoms with E-state index in [1.165, 1.54) is 18.4 Å². The van der Waals surface area contributed by atoms with E-state index in [0.29, 0.717) is 11.9 Å². The summed E-state index contributed by atoms with van der Waals surface area (Å²) in [5, 5.41) is 12.9. The molecule has 2 aromatic rings. The Bertz CT molecular complexity index is 718. The van der Waals surface area contributed by atoms with Crippen molar-refractivity contribution in [2.75, 3.05) is 20.1 Å². The first kappa shape index (κ1) is 17.6. The number of nitrogens with zero attached hydrogens (tertiary/aromatic N) is 5. The van der Waals surface area contributed by atoms with E-state index >= 15 is 0 Å². The first-order valence-corrected chi connectivity index (χ1v) is 8.85. The predicted octanol–water partition coefficient (Wildman–Crippen LogP) is 2.74. The number of rotatable bonds is 5. The zero-order valence-corrected chi connectivity index (χ0v) is 15.0. The van der Waals surface area contributed by atoms with Gasteiger partial charge in [-0.05, 0) is 57.1 Å². The van der Waals surface area contributed by atoms with Crippen LogP contribution >= 0.6 is 0 Å². The van der Waals surface area contributed by atoms with Gasteiger partial charge in [-0.3, -0.25) is 9.80 Å². The van der Waals surface area contributed by atoms with Gasteiger partial charge >= 0.3 is 0 Å². The smallest absolute Gasteiger partial charge is 0.223 e. The van der Waals surface area contributed by atoms with Gasteiger partial charge in [-0.1, -0.05) is 17.3 Å². The Morgan fingerprint density at radius 1 is 1.28 bits per heavy atom. The molecule has 1 aromatic carbocycles. The van der Waals surface area contributed by atoms with E-state index in [9.17, 15) is 0 Å². The monoisotopic (exact) mass is 339 g/mol. The first-order chi connectivity index (χ1) is 12.1. The number of nitriles is 1. The lowest BCUT2D eigenvalue weighted by atomic mass is 10.1. The maximum absolute atomic E-state index is 8.90. The van der Waals surface area contributed by atoms with E-state index in [4.69, 9.17) is 9.78 Å². The zero-order valence-electron chi connectivity index (χ0n) is 15.0. The summed E-state index contributed by atoms with van der Waals surface area (Å²) in [5.41, 5.74) is 1.99. The van der Waals surface area contributed by atoms with Gasteiger partial charge in [-0.2, -0.15) is 10.2 Å². The zero-order chi connectivity index (χ0) is 17.6. The van der Waals surface area contributed by atoms with Crippen molar-refractivity contribution in [2.45, 2.75) is 45.3 Å². The van der Waals surface area contributed by atoms with E-state index in [-0.39, 0.29) is 0 Å². The van der Waals surface area contributed by atoms with Crippen LogP contribution in [0.3, 0.4) is 0 Å². The second-order valence-electron chi connectivity index (χ2n) is 6.81. The number of hydrogen-bond donors (Lipinski definition) is 0. The summed E-state index contributed by atoms with van der Waals surface area (Å²) in [6.07, 6.45) is 3.53. The highest BCUT2D eigenvalue weighted by Crippen LogP contribution is 2.19. The molecule has 0 amide bonds. The number of likely N-dealkylation sites (tertiary alicyclic amines) is 1. The molecule has 1 fully saturated rings. The van der Waals surface area contributed by atoms with Crippen LogP contribution in [0, 0.1) is 18.3 Å². The van der Waals surface area contributed by atoms with Gasteiger partial charge in [0.25, 0.3) is 0 Å². The summed E-state index contributed by atoms with van der Waals surface area (Å²) < 4.78 is 5.06. The fourth-order valence-corrected chi connectivity index (χ4v) is 3.44. The molecule has 25 heavy (non-hydrogen) atoms. The Kier molecular flexibility index (Phi) is 5.79. The van der Waals surface area contributed by atoms with Crippen molar-refractivity contribution in [3.05, 3.63) is 47.1 Å². The van der Waals surface area contributed by atoms with Gasteiger partial charge in [-0.25, -0.2) is 0 Å². The molecule has 132 valence electrons. The van der Waals surface area contributed by atoms with Crippen molar-refractivity contribution in [1.29, 1.82) is 5.26 Å². The fraction of sp³-hybridized carbons (Fsp3) is 0.526. The third-order valence-corrected chi connectivity index (χ3v) is 4.86. The number of benzene rings is 1. The van der Waals surface area contributed by atoms with Gasteiger partial charge in [0.15, 0.2) is 5.82 Å². The molecule has 1 aliphatic rings. The third-order valence-electron chi connectivity index (χ3n) is 4.86. The third kappa shape index (κ3) is 4.88. The lowest BCUT2D eigenvalue weighted by Gasteiger charge is -2.26. The van der Waals surface area contributed by atoms with E-state index < -0.39 is 0 Å². The Balaban J connectivity index is 1.51. The molecule has 0 N–H and O–H groups in total. The number of aromatic nitrogens is 2. The lowest BCUT2D eigenvalue weighted by molar-refractivity contribution is 0.200. The van der Waals surface area contributed by atoms with Crippen LogP contribution in [0.4, 0.5) is 0 Å². The molecule has 6 nitrogen and oxygen atoms in total. The van der Waals surface area contributed by atoms with Gasteiger partial charge in [0, 0.05) is 19.5 Å². The molecule has 0 unspecified atom stereocenters. The molecular weight excluding hydrogens is 314 g/mol. The molecular formula is C19H25N5O. The molecule has 0 aliphatic carbocycles. The molecule has 1 aromatic heterocycles. The highest BCUT2D eigenvalue weighted by molar-refractivity contribution is 5.31. The van der Waals surface area contributed by atoms with Crippen LogP contribution in [-0.4, -0.2) is 46.1 Å².